The van der Waals surface area contributed by atoms with Crippen molar-refractivity contribution in [3.05, 3.63) is 95.1 Å². The highest BCUT2D eigenvalue weighted by atomic mass is 16.2. The van der Waals surface area contributed by atoms with Crippen LogP contribution in [0.1, 0.15) is 31.8 Å². The van der Waals surface area contributed by atoms with Crippen molar-refractivity contribution in [1.29, 1.82) is 0 Å². The molecule has 0 saturated carbocycles. The van der Waals surface area contributed by atoms with Gasteiger partial charge in [0.25, 0.3) is 11.8 Å². The summed E-state index contributed by atoms with van der Waals surface area (Å²) in [5.74, 6) is -0.621. The molecule has 2 N–H and O–H groups in total. The third-order valence-electron chi connectivity index (χ3n) is 4.20. The average molecular weight is 344 g/mol. The first-order chi connectivity index (χ1) is 12.6. The smallest absolute Gasteiger partial charge is 0.256 e. The zero-order valence-electron chi connectivity index (χ0n) is 14.7. The van der Waals surface area contributed by atoms with E-state index in [2.05, 4.69) is 10.6 Å². The van der Waals surface area contributed by atoms with Crippen molar-refractivity contribution in [2.24, 2.45) is 0 Å². The number of nitrogens with one attached hydrogen (secondary N) is 2. The summed E-state index contributed by atoms with van der Waals surface area (Å²) < 4.78 is 0. The Bertz CT molecular complexity index is 885. The highest BCUT2D eigenvalue weighted by Crippen LogP contribution is 2.19. The van der Waals surface area contributed by atoms with E-state index in [4.69, 9.17) is 0 Å². The molecular formula is C22H20N2O2. The lowest BCUT2D eigenvalue weighted by Gasteiger charge is -2.13. The van der Waals surface area contributed by atoms with Gasteiger partial charge in [0.1, 0.15) is 0 Å². The minimum absolute atomic E-state index is 0.310. The van der Waals surface area contributed by atoms with Gasteiger partial charge < -0.3 is 10.6 Å². The van der Waals surface area contributed by atoms with Crippen LogP contribution in [0.5, 0.6) is 0 Å². The molecule has 130 valence electrons. The average Bonchev–Trinajstić information content (AvgIpc) is 2.65. The van der Waals surface area contributed by atoms with Crippen LogP contribution in [0.25, 0.3) is 0 Å². The first-order valence-corrected chi connectivity index (χ1v) is 8.39. The van der Waals surface area contributed by atoms with E-state index in [1.165, 1.54) is 0 Å². The van der Waals surface area contributed by atoms with Gasteiger partial charge in [-0.15, -0.1) is 0 Å². The van der Waals surface area contributed by atoms with E-state index in [-0.39, 0.29) is 11.8 Å². The molecule has 0 radical (unpaired) electrons. The van der Waals surface area contributed by atoms with Crippen LogP contribution in [0, 0.1) is 13.8 Å². The van der Waals surface area contributed by atoms with Crippen LogP contribution in [-0.2, 0) is 0 Å². The molecule has 4 heteroatoms. The van der Waals surface area contributed by atoms with Crippen LogP contribution in [0.15, 0.2) is 72.8 Å². The lowest BCUT2D eigenvalue weighted by Crippen LogP contribution is -2.20. The van der Waals surface area contributed by atoms with E-state index in [1.807, 2.05) is 62.4 Å². The standard InChI is InChI=1S/C22H20N2O2/c1-15-9-3-7-13-19(15)23-21(25)17-11-5-6-12-18(17)22(26)24-20-14-8-4-10-16(20)2/h3-14H,1-2H3,(H,23,25)(H,24,26). The fraction of sp³-hybridized carbons (Fsp3) is 0.0909. The van der Waals surface area contributed by atoms with E-state index >= 15 is 0 Å². The van der Waals surface area contributed by atoms with Crippen molar-refractivity contribution < 1.29 is 9.59 Å². The van der Waals surface area contributed by atoms with Gasteiger partial charge in [-0.3, -0.25) is 9.59 Å². The maximum Gasteiger partial charge on any atom is 0.256 e. The third-order valence-corrected chi connectivity index (χ3v) is 4.20. The molecule has 0 spiro atoms. The van der Waals surface area contributed by atoms with Crippen LogP contribution < -0.4 is 10.6 Å². The number of rotatable bonds is 4. The number of para-hydroxylation sites is 2. The van der Waals surface area contributed by atoms with Gasteiger partial charge in [-0.05, 0) is 49.2 Å². The molecule has 26 heavy (non-hydrogen) atoms. The molecule has 0 atom stereocenters. The normalized spacial score (nSPS) is 10.2. The number of amides is 2. The van der Waals surface area contributed by atoms with Crippen molar-refractivity contribution in [2.45, 2.75) is 13.8 Å². The van der Waals surface area contributed by atoms with E-state index in [0.29, 0.717) is 11.1 Å². The van der Waals surface area contributed by atoms with Gasteiger partial charge in [0.15, 0.2) is 0 Å². The Hall–Kier alpha value is -3.40. The topological polar surface area (TPSA) is 58.2 Å². The Morgan fingerprint density at radius 1 is 0.577 bits per heavy atom. The molecule has 2 amide bonds. The minimum atomic E-state index is -0.310. The van der Waals surface area contributed by atoms with E-state index in [9.17, 15) is 9.59 Å². The predicted molar refractivity (Wildman–Crippen MR) is 105 cm³/mol. The van der Waals surface area contributed by atoms with E-state index < -0.39 is 0 Å². The van der Waals surface area contributed by atoms with E-state index in [1.54, 1.807) is 24.3 Å². The largest absolute Gasteiger partial charge is 0.322 e. The monoisotopic (exact) mass is 344 g/mol. The van der Waals surface area contributed by atoms with Gasteiger partial charge in [-0.25, -0.2) is 0 Å². The minimum Gasteiger partial charge on any atom is -0.322 e. The summed E-state index contributed by atoms with van der Waals surface area (Å²) in [5.41, 5.74) is 4.05. The summed E-state index contributed by atoms with van der Waals surface area (Å²) in [4.78, 5) is 25.4. The van der Waals surface area contributed by atoms with Gasteiger partial charge in [-0.1, -0.05) is 48.5 Å². The number of benzene rings is 3. The van der Waals surface area contributed by atoms with Crippen molar-refractivity contribution in [2.75, 3.05) is 10.6 Å². The summed E-state index contributed by atoms with van der Waals surface area (Å²) in [6.45, 7) is 3.85. The first kappa shape index (κ1) is 17.4. The highest BCUT2D eigenvalue weighted by molar-refractivity contribution is 6.15. The van der Waals surface area contributed by atoms with E-state index in [0.717, 1.165) is 22.5 Å². The number of hydrogen-bond donors (Lipinski definition) is 2. The Morgan fingerprint density at radius 2 is 0.923 bits per heavy atom. The number of carbonyl (C=O) groups excluding carboxylic acids is 2. The molecule has 0 heterocycles. The quantitative estimate of drug-likeness (QED) is 0.714. The van der Waals surface area contributed by atoms with Crippen molar-refractivity contribution >= 4 is 23.2 Å². The molecule has 0 bridgehead atoms. The first-order valence-electron chi connectivity index (χ1n) is 8.39. The van der Waals surface area contributed by atoms with Crippen LogP contribution >= 0.6 is 0 Å². The SMILES string of the molecule is Cc1ccccc1NC(=O)c1ccccc1C(=O)Nc1ccccc1C. The molecule has 0 aromatic heterocycles. The molecule has 3 rings (SSSR count). The summed E-state index contributed by atoms with van der Waals surface area (Å²) in [7, 11) is 0. The number of anilines is 2. The summed E-state index contributed by atoms with van der Waals surface area (Å²) in [6, 6.07) is 21.9. The molecule has 0 aliphatic rings. The molecule has 0 unspecified atom stereocenters. The van der Waals surface area contributed by atoms with Gasteiger partial charge in [-0.2, -0.15) is 0 Å². The summed E-state index contributed by atoms with van der Waals surface area (Å²) in [5, 5.41) is 5.76. The lowest BCUT2D eigenvalue weighted by molar-refractivity contribution is 0.0990. The molecule has 3 aromatic carbocycles. The van der Waals surface area contributed by atoms with Crippen LogP contribution in [0.3, 0.4) is 0 Å². The molecule has 0 saturated heterocycles. The highest BCUT2D eigenvalue weighted by Gasteiger charge is 2.17. The van der Waals surface area contributed by atoms with Crippen LogP contribution in [-0.4, -0.2) is 11.8 Å². The molecule has 0 fully saturated rings. The van der Waals surface area contributed by atoms with Crippen LogP contribution in [0.2, 0.25) is 0 Å². The Balaban J connectivity index is 1.86. The predicted octanol–water partition coefficient (Wildman–Crippen LogP) is 4.81. The van der Waals surface area contributed by atoms with Gasteiger partial charge in [0, 0.05) is 11.4 Å². The number of hydrogen-bond acceptors (Lipinski definition) is 2. The fourth-order valence-corrected chi connectivity index (χ4v) is 2.68. The zero-order valence-corrected chi connectivity index (χ0v) is 14.7. The van der Waals surface area contributed by atoms with Gasteiger partial charge in [0.05, 0.1) is 11.1 Å². The second kappa shape index (κ2) is 7.66. The summed E-state index contributed by atoms with van der Waals surface area (Å²) >= 11 is 0. The van der Waals surface area contributed by atoms with Crippen molar-refractivity contribution in [1.82, 2.24) is 0 Å². The number of carbonyl (C=O) groups is 2. The zero-order chi connectivity index (χ0) is 18.5. The fourth-order valence-electron chi connectivity index (χ4n) is 2.68. The molecule has 0 aliphatic heterocycles. The number of aryl methyl sites for hydroxylation is 2. The van der Waals surface area contributed by atoms with Crippen molar-refractivity contribution in [3.8, 4) is 0 Å². The molecular weight excluding hydrogens is 324 g/mol. The van der Waals surface area contributed by atoms with Crippen LogP contribution in [0.4, 0.5) is 11.4 Å². The second-order valence-corrected chi connectivity index (χ2v) is 6.08. The maximum atomic E-state index is 12.7. The third kappa shape index (κ3) is 3.81. The second-order valence-electron chi connectivity index (χ2n) is 6.08. The summed E-state index contributed by atoms with van der Waals surface area (Å²) in [6.07, 6.45) is 0. The van der Waals surface area contributed by atoms with Gasteiger partial charge >= 0.3 is 0 Å². The molecule has 0 aliphatic carbocycles. The lowest BCUT2D eigenvalue weighted by atomic mass is 10.0. The molecule has 4 nitrogen and oxygen atoms in total. The van der Waals surface area contributed by atoms with Crippen molar-refractivity contribution in [3.63, 3.8) is 0 Å². The Labute approximate surface area is 152 Å². The van der Waals surface area contributed by atoms with Gasteiger partial charge in [0.2, 0.25) is 0 Å². The maximum absolute atomic E-state index is 12.7. The Morgan fingerprint density at radius 3 is 1.31 bits per heavy atom. The molecule has 3 aromatic rings. The Kier molecular flexibility index (Phi) is 5.13.